The molecule has 1 aliphatic heterocycles. The Bertz CT molecular complexity index is 235. The molecular formula is C9H13NOS. The third-order valence-corrected chi connectivity index (χ3v) is 2.77. The van der Waals surface area contributed by atoms with Crippen LogP contribution in [0.3, 0.4) is 0 Å². The number of hydrogen-bond donors (Lipinski definition) is 1. The van der Waals surface area contributed by atoms with Gasteiger partial charge in [-0.25, -0.2) is 0 Å². The number of thiophene rings is 1. The molecule has 1 aromatic heterocycles. The lowest BCUT2D eigenvalue weighted by molar-refractivity contribution is -0.0285. The van der Waals surface area contributed by atoms with Gasteiger partial charge in [0.05, 0.1) is 12.2 Å². The summed E-state index contributed by atoms with van der Waals surface area (Å²) in [6, 6.07) is 2.13. The molecular weight excluding hydrogens is 170 g/mol. The van der Waals surface area contributed by atoms with Crippen molar-refractivity contribution in [1.29, 1.82) is 0 Å². The Morgan fingerprint density at radius 2 is 2.50 bits per heavy atom. The van der Waals surface area contributed by atoms with Crippen LogP contribution in [0, 0.1) is 0 Å². The molecule has 2 heterocycles. The van der Waals surface area contributed by atoms with E-state index in [0.717, 1.165) is 13.1 Å². The molecule has 2 atom stereocenters. The zero-order valence-corrected chi connectivity index (χ0v) is 7.93. The Morgan fingerprint density at radius 1 is 1.58 bits per heavy atom. The molecule has 0 bridgehead atoms. The van der Waals surface area contributed by atoms with Crippen molar-refractivity contribution < 1.29 is 4.74 Å². The summed E-state index contributed by atoms with van der Waals surface area (Å²) in [5.74, 6) is 0. The molecule has 2 unspecified atom stereocenters. The Labute approximate surface area is 76.6 Å². The molecule has 0 aliphatic carbocycles. The van der Waals surface area contributed by atoms with E-state index in [9.17, 15) is 0 Å². The SMILES string of the molecule is CC1CNCC(c2ccsc2)O1. The molecule has 0 radical (unpaired) electrons. The smallest absolute Gasteiger partial charge is 0.0961 e. The number of nitrogens with one attached hydrogen (secondary N) is 1. The summed E-state index contributed by atoms with van der Waals surface area (Å²) < 4.78 is 5.77. The minimum Gasteiger partial charge on any atom is -0.368 e. The first-order valence-electron chi connectivity index (χ1n) is 4.24. The van der Waals surface area contributed by atoms with Gasteiger partial charge in [0.25, 0.3) is 0 Å². The van der Waals surface area contributed by atoms with Gasteiger partial charge >= 0.3 is 0 Å². The predicted octanol–water partition coefficient (Wildman–Crippen LogP) is 1.80. The Balaban J connectivity index is 2.04. The summed E-state index contributed by atoms with van der Waals surface area (Å²) in [6.07, 6.45) is 0.601. The first kappa shape index (κ1) is 8.23. The first-order valence-corrected chi connectivity index (χ1v) is 5.19. The van der Waals surface area contributed by atoms with Gasteiger partial charge in [-0.05, 0) is 29.3 Å². The second-order valence-corrected chi connectivity index (χ2v) is 3.93. The van der Waals surface area contributed by atoms with Crippen molar-refractivity contribution in [3.8, 4) is 0 Å². The zero-order chi connectivity index (χ0) is 8.39. The first-order chi connectivity index (χ1) is 5.86. The fourth-order valence-electron chi connectivity index (χ4n) is 1.45. The molecule has 0 spiro atoms. The quantitative estimate of drug-likeness (QED) is 0.717. The molecule has 1 saturated heterocycles. The molecule has 2 nitrogen and oxygen atoms in total. The molecule has 1 fully saturated rings. The van der Waals surface area contributed by atoms with E-state index in [1.54, 1.807) is 11.3 Å². The fourth-order valence-corrected chi connectivity index (χ4v) is 2.15. The van der Waals surface area contributed by atoms with E-state index in [2.05, 4.69) is 29.1 Å². The average Bonchev–Trinajstić information content (AvgIpc) is 2.56. The lowest BCUT2D eigenvalue weighted by Crippen LogP contribution is -2.38. The van der Waals surface area contributed by atoms with Crippen LogP contribution in [0.1, 0.15) is 18.6 Å². The lowest BCUT2D eigenvalue weighted by atomic mass is 10.1. The van der Waals surface area contributed by atoms with Gasteiger partial charge in [-0.3, -0.25) is 0 Å². The minimum absolute atomic E-state index is 0.264. The molecule has 12 heavy (non-hydrogen) atoms. The molecule has 0 aromatic carbocycles. The van der Waals surface area contributed by atoms with E-state index < -0.39 is 0 Å². The number of ether oxygens (including phenoxy) is 1. The topological polar surface area (TPSA) is 21.3 Å². The molecule has 0 saturated carbocycles. The van der Waals surface area contributed by atoms with Crippen LogP contribution in [0.25, 0.3) is 0 Å². The predicted molar refractivity (Wildman–Crippen MR) is 50.5 cm³/mol. The van der Waals surface area contributed by atoms with Gasteiger partial charge in [0.15, 0.2) is 0 Å². The van der Waals surface area contributed by atoms with Crippen molar-refractivity contribution in [2.75, 3.05) is 13.1 Å². The monoisotopic (exact) mass is 183 g/mol. The largest absolute Gasteiger partial charge is 0.368 e. The van der Waals surface area contributed by atoms with Crippen LogP contribution in [0.5, 0.6) is 0 Å². The van der Waals surface area contributed by atoms with Crippen molar-refractivity contribution >= 4 is 11.3 Å². The third-order valence-electron chi connectivity index (χ3n) is 2.07. The molecule has 1 N–H and O–H groups in total. The zero-order valence-electron chi connectivity index (χ0n) is 7.12. The number of morpholine rings is 1. The summed E-state index contributed by atoms with van der Waals surface area (Å²) in [7, 11) is 0. The highest BCUT2D eigenvalue weighted by molar-refractivity contribution is 7.07. The van der Waals surface area contributed by atoms with Crippen molar-refractivity contribution in [2.45, 2.75) is 19.1 Å². The maximum atomic E-state index is 5.77. The van der Waals surface area contributed by atoms with Crippen molar-refractivity contribution in [2.24, 2.45) is 0 Å². The van der Waals surface area contributed by atoms with Crippen LogP contribution in [0.4, 0.5) is 0 Å². The summed E-state index contributed by atoms with van der Waals surface area (Å²) in [5.41, 5.74) is 1.30. The molecule has 0 amide bonds. The van der Waals surface area contributed by atoms with Gasteiger partial charge in [0, 0.05) is 13.1 Å². The molecule has 2 rings (SSSR count). The third kappa shape index (κ3) is 1.68. The van der Waals surface area contributed by atoms with Crippen molar-refractivity contribution in [3.05, 3.63) is 22.4 Å². The van der Waals surface area contributed by atoms with Gasteiger partial charge in [-0.15, -0.1) is 0 Å². The van der Waals surface area contributed by atoms with Crippen LogP contribution >= 0.6 is 11.3 Å². The maximum absolute atomic E-state index is 5.77. The van der Waals surface area contributed by atoms with E-state index >= 15 is 0 Å². The van der Waals surface area contributed by atoms with E-state index in [-0.39, 0.29) is 6.10 Å². The van der Waals surface area contributed by atoms with Gasteiger partial charge < -0.3 is 10.1 Å². The van der Waals surface area contributed by atoms with E-state index in [1.807, 2.05) is 0 Å². The van der Waals surface area contributed by atoms with Crippen LogP contribution in [-0.4, -0.2) is 19.2 Å². The van der Waals surface area contributed by atoms with Gasteiger partial charge in [0.2, 0.25) is 0 Å². The van der Waals surface area contributed by atoms with Crippen LogP contribution < -0.4 is 5.32 Å². The molecule has 66 valence electrons. The van der Waals surface area contributed by atoms with Crippen molar-refractivity contribution in [3.63, 3.8) is 0 Å². The second kappa shape index (κ2) is 3.56. The normalized spacial score (nSPS) is 30.4. The standard InChI is InChI=1S/C9H13NOS/c1-7-4-10-5-9(11-7)8-2-3-12-6-8/h2-3,6-7,9-10H,4-5H2,1H3. The summed E-state index contributed by atoms with van der Waals surface area (Å²) in [4.78, 5) is 0. The highest BCUT2D eigenvalue weighted by Gasteiger charge is 2.19. The second-order valence-electron chi connectivity index (χ2n) is 3.15. The Kier molecular flexibility index (Phi) is 2.44. The van der Waals surface area contributed by atoms with Gasteiger partial charge in [0.1, 0.15) is 0 Å². The van der Waals surface area contributed by atoms with E-state index in [0.29, 0.717) is 6.10 Å². The van der Waals surface area contributed by atoms with Crippen LogP contribution in [-0.2, 0) is 4.74 Å². The minimum atomic E-state index is 0.264. The van der Waals surface area contributed by atoms with E-state index in [1.165, 1.54) is 5.56 Å². The number of rotatable bonds is 1. The highest BCUT2D eigenvalue weighted by atomic mass is 32.1. The molecule has 3 heteroatoms. The average molecular weight is 183 g/mol. The Morgan fingerprint density at radius 3 is 3.17 bits per heavy atom. The summed E-state index contributed by atoms with van der Waals surface area (Å²) >= 11 is 1.73. The number of hydrogen-bond acceptors (Lipinski definition) is 3. The van der Waals surface area contributed by atoms with E-state index in [4.69, 9.17) is 4.74 Å². The summed E-state index contributed by atoms with van der Waals surface area (Å²) in [5, 5.41) is 7.60. The Hall–Kier alpha value is -0.380. The molecule has 1 aliphatic rings. The van der Waals surface area contributed by atoms with Crippen LogP contribution in [0.15, 0.2) is 16.8 Å². The highest BCUT2D eigenvalue weighted by Crippen LogP contribution is 2.22. The maximum Gasteiger partial charge on any atom is 0.0961 e. The van der Waals surface area contributed by atoms with Crippen molar-refractivity contribution in [1.82, 2.24) is 5.32 Å². The fraction of sp³-hybridized carbons (Fsp3) is 0.556. The molecule has 1 aromatic rings. The van der Waals surface area contributed by atoms with Crippen LogP contribution in [0.2, 0.25) is 0 Å². The van der Waals surface area contributed by atoms with Gasteiger partial charge in [-0.2, -0.15) is 11.3 Å². The summed E-state index contributed by atoms with van der Waals surface area (Å²) in [6.45, 7) is 4.02. The lowest BCUT2D eigenvalue weighted by Gasteiger charge is -2.28. The van der Waals surface area contributed by atoms with Gasteiger partial charge in [-0.1, -0.05) is 0 Å².